The Bertz CT molecular complexity index is 400. The summed E-state index contributed by atoms with van der Waals surface area (Å²) in [5.41, 5.74) is 0.191. The van der Waals surface area contributed by atoms with E-state index in [-0.39, 0.29) is 0 Å². The summed E-state index contributed by atoms with van der Waals surface area (Å²) in [5, 5.41) is 0. The number of aromatic nitrogens is 2. The Morgan fingerprint density at radius 2 is 2.33 bits per heavy atom. The third-order valence-corrected chi connectivity index (χ3v) is 2.97. The topological polar surface area (TPSA) is 35.0 Å². The second-order valence-electron chi connectivity index (χ2n) is 3.42. The zero-order chi connectivity index (χ0) is 11.5. The van der Waals surface area contributed by atoms with Gasteiger partial charge in [0.15, 0.2) is 5.60 Å². The summed E-state index contributed by atoms with van der Waals surface area (Å²) in [6.45, 7) is 5.68. The second kappa shape index (κ2) is 4.63. The molecule has 1 aromatic heterocycles. The Labute approximate surface area is 98.4 Å². The van der Waals surface area contributed by atoms with Gasteiger partial charge in [-0.15, -0.1) is 6.42 Å². The van der Waals surface area contributed by atoms with Crippen LogP contribution in [0.25, 0.3) is 0 Å². The van der Waals surface area contributed by atoms with Crippen LogP contribution in [0.3, 0.4) is 0 Å². The molecular formula is C11H13BrN2O. The van der Waals surface area contributed by atoms with Crippen molar-refractivity contribution in [3.05, 3.63) is 16.4 Å². The highest BCUT2D eigenvalue weighted by Gasteiger charge is 2.22. The number of terminal acetylenes is 1. The van der Waals surface area contributed by atoms with Crippen molar-refractivity contribution in [1.29, 1.82) is 0 Å². The maximum Gasteiger partial charge on any atom is 0.318 e. The first kappa shape index (κ1) is 12.0. The first-order chi connectivity index (χ1) is 7.00. The largest absolute Gasteiger partial charge is 0.444 e. The molecule has 0 saturated heterocycles. The molecule has 1 heterocycles. The standard InChI is InChI=1S/C11H13BrN2O/c1-5-11(4,6-2)15-10-13-7-9(12)8(3)14-10/h1,7H,6H2,2-4H3. The van der Waals surface area contributed by atoms with Crippen LogP contribution in [-0.2, 0) is 0 Å². The lowest BCUT2D eigenvalue weighted by Crippen LogP contribution is -2.30. The van der Waals surface area contributed by atoms with Gasteiger partial charge in [0, 0.05) is 6.20 Å². The number of nitrogens with zero attached hydrogens (tertiary/aromatic N) is 2. The molecule has 3 nitrogen and oxygen atoms in total. The summed E-state index contributed by atoms with van der Waals surface area (Å²) >= 11 is 3.32. The molecule has 1 atom stereocenters. The highest BCUT2D eigenvalue weighted by Crippen LogP contribution is 2.19. The first-order valence-corrected chi connectivity index (χ1v) is 5.46. The quantitative estimate of drug-likeness (QED) is 0.791. The van der Waals surface area contributed by atoms with Crippen LogP contribution < -0.4 is 4.74 Å². The van der Waals surface area contributed by atoms with Gasteiger partial charge in [0.05, 0.1) is 10.2 Å². The van der Waals surface area contributed by atoms with Crippen LogP contribution in [0.1, 0.15) is 26.0 Å². The molecule has 4 heteroatoms. The van der Waals surface area contributed by atoms with Crippen LogP contribution in [0, 0.1) is 19.3 Å². The summed E-state index contributed by atoms with van der Waals surface area (Å²) in [5.74, 6) is 2.60. The molecule has 15 heavy (non-hydrogen) atoms. The second-order valence-corrected chi connectivity index (χ2v) is 4.27. The molecule has 0 N–H and O–H groups in total. The molecule has 0 fully saturated rings. The minimum atomic E-state index is -0.639. The van der Waals surface area contributed by atoms with Crippen molar-refractivity contribution >= 4 is 15.9 Å². The van der Waals surface area contributed by atoms with Crippen molar-refractivity contribution in [2.75, 3.05) is 0 Å². The van der Waals surface area contributed by atoms with E-state index in [1.807, 2.05) is 20.8 Å². The number of aryl methyl sites for hydroxylation is 1. The molecule has 1 aromatic rings. The van der Waals surface area contributed by atoms with E-state index in [1.54, 1.807) is 6.20 Å². The van der Waals surface area contributed by atoms with E-state index >= 15 is 0 Å². The molecular weight excluding hydrogens is 256 g/mol. The number of rotatable bonds is 3. The summed E-state index contributed by atoms with van der Waals surface area (Å²) in [7, 11) is 0. The van der Waals surface area contributed by atoms with E-state index in [1.165, 1.54) is 0 Å². The molecule has 1 rings (SSSR count). The smallest absolute Gasteiger partial charge is 0.318 e. The SMILES string of the molecule is C#CC(C)(CC)Oc1ncc(Br)c(C)n1. The molecule has 0 radical (unpaired) electrons. The van der Waals surface area contributed by atoms with Crippen LogP contribution >= 0.6 is 15.9 Å². The molecule has 0 amide bonds. The van der Waals surface area contributed by atoms with E-state index in [0.29, 0.717) is 12.4 Å². The van der Waals surface area contributed by atoms with Gasteiger partial charge in [-0.1, -0.05) is 12.8 Å². The average Bonchev–Trinajstić information content (AvgIpc) is 2.23. The molecule has 0 aliphatic carbocycles. The van der Waals surface area contributed by atoms with Gasteiger partial charge in [-0.05, 0) is 36.2 Å². The van der Waals surface area contributed by atoms with Gasteiger partial charge in [0.25, 0.3) is 0 Å². The van der Waals surface area contributed by atoms with Gasteiger partial charge in [-0.25, -0.2) is 4.98 Å². The normalized spacial score (nSPS) is 14.1. The van der Waals surface area contributed by atoms with E-state index in [0.717, 1.165) is 10.2 Å². The van der Waals surface area contributed by atoms with Crippen molar-refractivity contribution < 1.29 is 4.74 Å². The molecule has 0 aromatic carbocycles. The highest BCUT2D eigenvalue weighted by atomic mass is 79.9. The van der Waals surface area contributed by atoms with Crippen LogP contribution in [-0.4, -0.2) is 15.6 Å². The van der Waals surface area contributed by atoms with Gasteiger partial charge in [0.2, 0.25) is 0 Å². The predicted molar refractivity (Wildman–Crippen MR) is 62.6 cm³/mol. The fourth-order valence-corrected chi connectivity index (χ4v) is 1.08. The Morgan fingerprint density at radius 1 is 1.67 bits per heavy atom. The van der Waals surface area contributed by atoms with Crippen molar-refractivity contribution in [3.63, 3.8) is 0 Å². The molecule has 0 aliphatic rings. The van der Waals surface area contributed by atoms with Crippen molar-refractivity contribution in [2.45, 2.75) is 32.8 Å². The maximum absolute atomic E-state index is 5.56. The number of hydrogen-bond donors (Lipinski definition) is 0. The summed E-state index contributed by atoms with van der Waals surface area (Å²) in [4.78, 5) is 8.22. The third kappa shape index (κ3) is 2.93. The fraction of sp³-hybridized carbons (Fsp3) is 0.455. The molecule has 0 spiro atoms. The predicted octanol–water partition coefficient (Wildman–Crippen LogP) is 2.73. The lowest BCUT2D eigenvalue weighted by molar-refractivity contribution is 0.132. The maximum atomic E-state index is 5.56. The zero-order valence-electron chi connectivity index (χ0n) is 9.04. The lowest BCUT2D eigenvalue weighted by Gasteiger charge is -2.22. The summed E-state index contributed by atoms with van der Waals surface area (Å²) in [6, 6.07) is 0.318. The lowest BCUT2D eigenvalue weighted by atomic mass is 10.1. The van der Waals surface area contributed by atoms with Crippen molar-refractivity contribution in [3.8, 4) is 18.4 Å². The Kier molecular flexibility index (Phi) is 3.70. The monoisotopic (exact) mass is 268 g/mol. The van der Waals surface area contributed by atoms with E-state index in [9.17, 15) is 0 Å². The van der Waals surface area contributed by atoms with Crippen LogP contribution in [0.5, 0.6) is 6.01 Å². The number of hydrogen-bond acceptors (Lipinski definition) is 3. The fourth-order valence-electron chi connectivity index (χ4n) is 0.885. The first-order valence-electron chi connectivity index (χ1n) is 4.66. The molecule has 80 valence electrons. The molecule has 1 unspecified atom stereocenters. The zero-order valence-corrected chi connectivity index (χ0v) is 10.6. The molecule has 0 saturated carbocycles. The van der Waals surface area contributed by atoms with Gasteiger partial charge in [0.1, 0.15) is 0 Å². The number of ether oxygens (including phenoxy) is 1. The van der Waals surface area contributed by atoms with Crippen molar-refractivity contribution in [1.82, 2.24) is 9.97 Å². The average molecular weight is 269 g/mol. The highest BCUT2D eigenvalue weighted by molar-refractivity contribution is 9.10. The Morgan fingerprint density at radius 3 is 2.80 bits per heavy atom. The van der Waals surface area contributed by atoms with Crippen molar-refractivity contribution in [2.24, 2.45) is 0 Å². The van der Waals surface area contributed by atoms with Crippen LogP contribution in [0.4, 0.5) is 0 Å². The van der Waals surface area contributed by atoms with Gasteiger partial charge in [-0.3, -0.25) is 0 Å². The van der Waals surface area contributed by atoms with E-state index in [4.69, 9.17) is 11.2 Å². The number of halogens is 1. The van der Waals surface area contributed by atoms with Gasteiger partial charge < -0.3 is 4.74 Å². The van der Waals surface area contributed by atoms with Gasteiger partial charge in [-0.2, -0.15) is 4.98 Å². The Balaban J connectivity index is 2.91. The van der Waals surface area contributed by atoms with Gasteiger partial charge >= 0.3 is 6.01 Å². The molecule has 0 aliphatic heterocycles. The summed E-state index contributed by atoms with van der Waals surface area (Å²) < 4.78 is 6.41. The minimum absolute atomic E-state index is 0.318. The third-order valence-electron chi connectivity index (χ3n) is 2.19. The van der Waals surface area contributed by atoms with E-state index in [2.05, 4.69) is 31.8 Å². The van der Waals surface area contributed by atoms with Crippen LogP contribution in [0.2, 0.25) is 0 Å². The van der Waals surface area contributed by atoms with E-state index < -0.39 is 5.60 Å². The molecule has 0 bridgehead atoms. The Hall–Kier alpha value is -1.08. The minimum Gasteiger partial charge on any atom is -0.444 e. The summed E-state index contributed by atoms with van der Waals surface area (Å²) in [6.07, 6.45) is 7.76. The van der Waals surface area contributed by atoms with Crippen LogP contribution in [0.15, 0.2) is 10.7 Å².